The number of amides is 5. The van der Waals surface area contributed by atoms with Crippen LogP contribution in [-0.2, 0) is 30.4 Å². The van der Waals surface area contributed by atoms with E-state index in [1.165, 1.54) is 11.8 Å². The smallest absolute Gasteiger partial charge is 0.243 e. The van der Waals surface area contributed by atoms with Crippen molar-refractivity contribution in [3.8, 4) is 0 Å². The quantitative estimate of drug-likeness (QED) is 0.146. The van der Waals surface area contributed by atoms with Crippen LogP contribution >= 0.6 is 11.8 Å². The Morgan fingerprint density at radius 2 is 1.55 bits per heavy atom. The summed E-state index contributed by atoms with van der Waals surface area (Å²) in [4.78, 5) is 63.2. The second kappa shape index (κ2) is 18.3. The highest BCUT2D eigenvalue weighted by Crippen LogP contribution is 2.10. The van der Waals surface area contributed by atoms with Crippen LogP contribution in [0.1, 0.15) is 52.5 Å². The Hall–Kier alpha value is -3.12. The van der Waals surface area contributed by atoms with E-state index in [4.69, 9.17) is 11.5 Å². The van der Waals surface area contributed by atoms with E-state index in [2.05, 4.69) is 21.3 Å². The van der Waals surface area contributed by atoms with Gasteiger partial charge in [0, 0.05) is 0 Å². The number of primary amides is 1. The first kappa shape index (κ1) is 34.9. The first-order valence-corrected chi connectivity index (χ1v) is 15.0. The molecule has 1 aromatic rings. The van der Waals surface area contributed by atoms with Crippen molar-refractivity contribution in [2.45, 2.75) is 77.5 Å². The highest BCUT2D eigenvalue weighted by Gasteiger charge is 2.29. The first-order valence-electron chi connectivity index (χ1n) is 13.6. The Morgan fingerprint density at radius 3 is 2.10 bits per heavy atom. The van der Waals surface area contributed by atoms with Crippen molar-refractivity contribution < 1.29 is 24.0 Å². The molecule has 5 amide bonds. The number of carbonyl (C=O) groups is 5. The van der Waals surface area contributed by atoms with Gasteiger partial charge >= 0.3 is 0 Å². The average Bonchev–Trinajstić information content (AvgIpc) is 2.91. The van der Waals surface area contributed by atoms with Crippen LogP contribution in [0.25, 0.3) is 0 Å². The fourth-order valence-corrected chi connectivity index (χ4v) is 4.41. The molecule has 1 aromatic carbocycles. The van der Waals surface area contributed by atoms with Gasteiger partial charge in [0.05, 0.1) is 12.6 Å². The standard InChI is InChI=1S/C28H46N6O5S/c1-6-18(4)24(34-26(37)20(29)15-19-10-8-7-9-11-19)28(39)31-16-23(35)32-22(14-17(2)3)27(38)33-21(25(30)36)12-13-40-5/h7-11,17-18,20-22,24H,6,12-16,29H2,1-5H3,(H2,30,36)(H,31,39)(H,32,35)(H,33,38)(H,34,37)/t18-,20-,21-,22-,24-/m0/s1. The molecule has 0 aromatic heterocycles. The molecular weight excluding hydrogens is 532 g/mol. The third kappa shape index (κ3) is 12.8. The molecular formula is C28H46N6O5S. The molecule has 12 heteroatoms. The minimum Gasteiger partial charge on any atom is -0.368 e. The largest absolute Gasteiger partial charge is 0.368 e. The molecule has 224 valence electrons. The first-order chi connectivity index (χ1) is 18.9. The molecule has 0 aliphatic rings. The summed E-state index contributed by atoms with van der Waals surface area (Å²) < 4.78 is 0. The average molecular weight is 579 g/mol. The van der Waals surface area contributed by atoms with E-state index in [0.29, 0.717) is 31.4 Å². The number of benzene rings is 1. The summed E-state index contributed by atoms with van der Waals surface area (Å²) in [7, 11) is 0. The van der Waals surface area contributed by atoms with Crippen LogP contribution in [0.2, 0.25) is 0 Å². The van der Waals surface area contributed by atoms with Gasteiger partial charge in [0.15, 0.2) is 0 Å². The Kier molecular flexibility index (Phi) is 15.9. The number of hydrogen-bond acceptors (Lipinski definition) is 7. The number of rotatable bonds is 18. The van der Waals surface area contributed by atoms with Gasteiger partial charge in [-0.05, 0) is 48.7 Å². The summed E-state index contributed by atoms with van der Waals surface area (Å²) in [5.41, 5.74) is 12.4. The molecule has 0 aliphatic heterocycles. The summed E-state index contributed by atoms with van der Waals surface area (Å²) in [5, 5.41) is 10.6. The van der Waals surface area contributed by atoms with E-state index in [-0.39, 0.29) is 11.8 Å². The zero-order chi connectivity index (χ0) is 30.2. The lowest BCUT2D eigenvalue weighted by Gasteiger charge is -2.26. The molecule has 1 rings (SSSR count). The van der Waals surface area contributed by atoms with Gasteiger partial charge in [-0.1, -0.05) is 64.4 Å². The van der Waals surface area contributed by atoms with Crippen molar-refractivity contribution in [1.82, 2.24) is 21.3 Å². The Balaban J connectivity index is 2.79. The van der Waals surface area contributed by atoms with Gasteiger partial charge < -0.3 is 32.7 Å². The normalized spacial score (nSPS) is 14.8. The van der Waals surface area contributed by atoms with Gasteiger partial charge in [-0.3, -0.25) is 24.0 Å². The zero-order valence-corrected chi connectivity index (χ0v) is 25.0. The second-order valence-corrected chi connectivity index (χ2v) is 11.4. The van der Waals surface area contributed by atoms with Gasteiger partial charge in [-0.2, -0.15) is 11.8 Å². The van der Waals surface area contributed by atoms with Crippen molar-refractivity contribution in [3.63, 3.8) is 0 Å². The summed E-state index contributed by atoms with van der Waals surface area (Å²) in [6, 6.07) is 5.83. The van der Waals surface area contributed by atoms with E-state index in [0.717, 1.165) is 5.56 Å². The molecule has 0 fully saturated rings. The van der Waals surface area contributed by atoms with Crippen LogP contribution in [0.15, 0.2) is 30.3 Å². The predicted octanol–water partition coefficient (Wildman–Crippen LogP) is 0.458. The van der Waals surface area contributed by atoms with Crippen LogP contribution in [0.4, 0.5) is 0 Å². The number of hydrogen-bond donors (Lipinski definition) is 6. The van der Waals surface area contributed by atoms with Crippen LogP contribution in [0.5, 0.6) is 0 Å². The molecule has 0 saturated carbocycles. The van der Waals surface area contributed by atoms with Crippen molar-refractivity contribution in [1.29, 1.82) is 0 Å². The number of thioether (sulfide) groups is 1. The van der Waals surface area contributed by atoms with Crippen LogP contribution in [0.3, 0.4) is 0 Å². The fraction of sp³-hybridized carbons (Fsp3) is 0.607. The summed E-state index contributed by atoms with van der Waals surface area (Å²) in [6.45, 7) is 7.11. The highest BCUT2D eigenvalue weighted by molar-refractivity contribution is 7.98. The highest BCUT2D eigenvalue weighted by atomic mass is 32.2. The lowest BCUT2D eigenvalue weighted by atomic mass is 9.97. The fourth-order valence-electron chi connectivity index (χ4n) is 3.94. The summed E-state index contributed by atoms with van der Waals surface area (Å²) >= 11 is 1.52. The van der Waals surface area contributed by atoms with Gasteiger partial charge in [0.2, 0.25) is 29.5 Å². The Morgan fingerprint density at radius 1 is 0.900 bits per heavy atom. The second-order valence-electron chi connectivity index (χ2n) is 10.4. The molecule has 0 aliphatic carbocycles. The molecule has 0 heterocycles. The van der Waals surface area contributed by atoms with Crippen molar-refractivity contribution in [2.24, 2.45) is 23.3 Å². The third-order valence-electron chi connectivity index (χ3n) is 6.48. The minimum atomic E-state index is -0.915. The molecule has 40 heavy (non-hydrogen) atoms. The van der Waals surface area contributed by atoms with Crippen LogP contribution < -0.4 is 32.7 Å². The van der Waals surface area contributed by atoms with Crippen LogP contribution in [-0.4, -0.2) is 72.3 Å². The summed E-state index contributed by atoms with van der Waals surface area (Å²) in [5.74, 6) is -2.26. The number of nitrogens with two attached hydrogens (primary N) is 2. The van der Waals surface area contributed by atoms with Gasteiger partial charge in [-0.15, -0.1) is 0 Å². The van der Waals surface area contributed by atoms with Gasteiger partial charge in [-0.25, -0.2) is 0 Å². The maximum atomic E-state index is 13.0. The van der Waals surface area contributed by atoms with E-state index >= 15 is 0 Å². The lowest BCUT2D eigenvalue weighted by Crippen LogP contribution is -2.57. The van der Waals surface area contributed by atoms with Crippen LogP contribution in [0, 0.1) is 11.8 Å². The molecule has 5 atom stereocenters. The van der Waals surface area contributed by atoms with E-state index < -0.39 is 60.2 Å². The molecule has 0 unspecified atom stereocenters. The monoisotopic (exact) mass is 578 g/mol. The van der Waals surface area contributed by atoms with Crippen molar-refractivity contribution in [2.75, 3.05) is 18.6 Å². The Labute approximate surface area is 241 Å². The predicted molar refractivity (Wildman–Crippen MR) is 158 cm³/mol. The van der Waals surface area contributed by atoms with Gasteiger partial charge in [0.25, 0.3) is 0 Å². The maximum absolute atomic E-state index is 13.0. The zero-order valence-electron chi connectivity index (χ0n) is 24.2. The topological polar surface area (TPSA) is 186 Å². The number of nitrogens with one attached hydrogen (secondary N) is 4. The third-order valence-corrected chi connectivity index (χ3v) is 7.12. The SMILES string of the molecule is CC[C@H](C)[C@H](NC(=O)[C@@H](N)Cc1ccccc1)C(=O)NCC(=O)N[C@@H](CC(C)C)C(=O)N[C@@H](CCSC)C(N)=O. The molecule has 0 radical (unpaired) electrons. The summed E-state index contributed by atoms with van der Waals surface area (Å²) in [6.07, 6.45) is 3.50. The molecule has 8 N–H and O–H groups in total. The molecule has 11 nitrogen and oxygen atoms in total. The minimum absolute atomic E-state index is 0.0638. The van der Waals surface area contributed by atoms with E-state index in [9.17, 15) is 24.0 Å². The van der Waals surface area contributed by atoms with Gasteiger partial charge in [0.1, 0.15) is 18.1 Å². The van der Waals surface area contributed by atoms with E-state index in [1.807, 2.05) is 64.3 Å². The maximum Gasteiger partial charge on any atom is 0.243 e. The number of carbonyl (C=O) groups excluding carboxylic acids is 5. The Bertz CT molecular complexity index is 977. The van der Waals surface area contributed by atoms with Crippen molar-refractivity contribution >= 4 is 41.3 Å². The molecule has 0 saturated heterocycles. The molecule has 0 bridgehead atoms. The lowest BCUT2D eigenvalue weighted by molar-refractivity contribution is -0.133. The molecule has 0 spiro atoms. The van der Waals surface area contributed by atoms with Crippen molar-refractivity contribution in [3.05, 3.63) is 35.9 Å². The van der Waals surface area contributed by atoms with E-state index in [1.54, 1.807) is 0 Å².